The van der Waals surface area contributed by atoms with E-state index in [-0.39, 0.29) is 24.8 Å². The Bertz CT molecular complexity index is 747. The predicted octanol–water partition coefficient (Wildman–Crippen LogP) is 0.251. The van der Waals surface area contributed by atoms with Gasteiger partial charge in [0.05, 0.1) is 0 Å². The van der Waals surface area contributed by atoms with Crippen LogP contribution < -0.4 is 24.8 Å². The van der Waals surface area contributed by atoms with Gasteiger partial charge >= 0.3 is 151 Å². The molecule has 0 atom stereocenters. The maximum atomic E-state index is 2.42. The Balaban J connectivity index is 0.00000113. The van der Waals surface area contributed by atoms with E-state index < -0.39 is 23.2 Å². The summed E-state index contributed by atoms with van der Waals surface area (Å²) >= 11 is -0.646. The molecule has 2 aliphatic carbocycles. The fourth-order valence-electron chi connectivity index (χ4n) is 3.79. The Morgan fingerprint density at radius 3 is 2.12 bits per heavy atom. The van der Waals surface area contributed by atoms with Crippen molar-refractivity contribution in [1.82, 2.24) is 0 Å². The van der Waals surface area contributed by atoms with Crippen molar-refractivity contribution in [3.63, 3.8) is 0 Å². The average molecular weight is 449 g/mol. The molecule has 2 aliphatic rings. The third-order valence-corrected chi connectivity index (χ3v) is 9.37. The summed E-state index contributed by atoms with van der Waals surface area (Å²) in [6.45, 7) is 2.29. The molecule has 0 saturated carbocycles. The number of rotatable bonds is 5. The zero-order valence-electron chi connectivity index (χ0n) is 14.4. The van der Waals surface area contributed by atoms with Gasteiger partial charge in [0.15, 0.2) is 0 Å². The number of unbranched alkanes of at least 4 members (excludes halogenated alkanes) is 1. The Hall–Kier alpha value is -0.617. The van der Waals surface area contributed by atoms with Crippen molar-refractivity contribution in [2.75, 3.05) is 0 Å². The molecule has 128 valence electrons. The summed E-state index contributed by atoms with van der Waals surface area (Å²) in [6, 6.07) is 18.2. The second kappa shape index (κ2) is 9.36. The second-order valence-electron chi connectivity index (χ2n) is 6.47. The van der Waals surface area contributed by atoms with Gasteiger partial charge in [-0.3, -0.25) is 0 Å². The van der Waals surface area contributed by atoms with Crippen LogP contribution in [0.3, 0.4) is 0 Å². The molecule has 0 saturated heterocycles. The number of hydrogen-bond donors (Lipinski definition) is 0. The summed E-state index contributed by atoms with van der Waals surface area (Å²) in [6.07, 6.45) is 9.96. The minimum atomic E-state index is -0.646. The fourth-order valence-corrected chi connectivity index (χ4v) is 8.19. The number of allylic oxidation sites excluding steroid dienone is 4. The summed E-state index contributed by atoms with van der Waals surface area (Å²) in [4.78, 5) is 0. The Morgan fingerprint density at radius 2 is 1.52 bits per heavy atom. The van der Waals surface area contributed by atoms with Crippen LogP contribution in [-0.2, 0) is 23.2 Å². The first-order valence-electron chi connectivity index (χ1n) is 8.72. The summed E-state index contributed by atoms with van der Waals surface area (Å²) in [7, 11) is 0. The van der Waals surface area contributed by atoms with E-state index in [0.29, 0.717) is 3.63 Å². The normalized spacial score (nSPS) is 14.4. The predicted molar refractivity (Wildman–Crippen MR) is 94.0 cm³/mol. The Morgan fingerprint density at radius 1 is 0.920 bits per heavy atom. The zero-order chi connectivity index (χ0) is 15.6. The third kappa shape index (κ3) is 4.05. The molecule has 3 heteroatoms. The summed E-state index contributed by atoms with van der Waals surface area (Å²) < 4.78 is 2.54. The van der Waals surface area contributed by atoms with E-state index >= 15 is 0 Å². The monoisotopic (exact) mass is 446 g/mol. The largest absolute Gasteiger partial charge is 1.00 e. The first-order chi connectivity index (χ1) is 11.4. The smallest absolute Gasteiger partial charge is 1.00 e. The van der Waals surface area contributed by atoms with Crippen molar-refractivity contribution in [3.05, 3.63) is 80.7 Å². The van der Waals surface area contributed by atoms with E-state index in [1.165, 1.54) is 36.8 Å². The van der Waals surface area contributed by atoms with Crippen molar-refractivity contribution in [2.45, 2.75) is 36.2 Å². The molecule has 0 nitrogen and oxygen atoms in total. The Labute approximate surface area is 175 Å². The van der Waals surface area contributed by atoms with Crippen LogP contribution in [0.5, 0.6) is 0 Å². The number of hydrogen-bond acceptors (Lipinski definition) is 0. The van der Waals surface area contributed by atoms with Gasteiger partial charge < -0.3 is 24.8 Å². The molecule has 0 aromatic heterocycles. The molecule has 0 radical (unpaired) electrons. The van der Waals surface area contributed by atoms with Gasteiger partial charge in [-0.15, -0.1) is 0 Å². The maximum absolute atomic E-state index is 2.42. The van der Waals surface area contributed by atoms with Gasteiger partial charge in [0, 0.05) is 0 Å². The van der Waals surface area contributed by atoms with Crippen LogP contribution in [0.15, 0.2) is 69.5 Å². The molecular formula is C22H22Cl2Zr. The van der Waals surface area contributed by atoms with Gasteiger partial charge in [-0.05, 0) is 0 Å². The van der Waals surface area contributed by atoms with Crippen LogP contribution in [0, 0.1) is 0 Å². The second-order valence-corrected chi connectivity index (χ2v) is 10.1. The standard InChI is InChI=1S/C13H9.C9H13.2ClH.Zr/c1-3-7-12-10(5-1)9-11-6-2-4-8-13(11)12;1-2-3-6-9-7-4-5-8-9;;;/h1-9H;4,7H,2-3,5-6H2,1H3;2*1H;/q;;;;+2/p-2. The molecule has 25 heavy (non-hydrogen) atoms. The minimum Gasteiger partial charge on any atom is -1.00 e. The van der Waals surface area contributed by atoms with E-state index in [1.54, 1.807) is 16.7 Å². The molecule has 0 spiro atoms. The molecule has 0 aliphatic heterocycles. The van der Waals surface area contributed by atoms with Crippen molar-refractivity contribution >= 4 is 0 Å². The Kier molecular flexibility index (Phi) is 7.74. The minimum absolute atomic E-state index is 0. The van der Waals surface area contributed by atoms with Gasteiger partial charge in [0.1, 0.15) is 0 Å². The van der Waals surface area contributed by atoms with Gasteiger partial charge in [-0.2, -0.15) is 0 Å². The molecule has 0 amide bonds. The van der Waals surface area contributed by atoms with Crippen molar-refractivity contribution in [3.8, 4) is 11.1 Å². The van der Waals surface area contributed by atoms with E-state index in [0.717, 1.165) is 0 Å². The molecule has 0 N–H and O–H groups in total. The van der Waals surface area contributed by atoms with E-state index in [4.69, 9.17) is 0 Å². The van der Waals surface area contributed by atoms with E-state index in [2.05, 4.69) is 67.6 Å². The van der Waals surface area contributed by atoms with Crippen LogP contribution in [0.2, 0.25) is 0 Å². The first-order valence-corrected chi connectivity index (χ1v) is 11.4. The fraction of sp³-hybridized carbons (Fsp3) is 0.273. The quantitative estimate of drug-likeness (QED) is 0.616. The zero-order valence-corrected chi connectivity index (χ0v) is 18.4. The summed E-state index contributed by atoms with van der Waals surface area (Å²) in [5.74, 6) is 0. The molecule has 0 unspecified atom stereocenters. The molecule has 2 aromatic rings. The van der Waals surface area contributed by atoms with Crippen molar-refractivity contribution < 1.29 is 48.0 Å². The molecule has 4 rings (SSSR count). The van der Waals surface area contributed by atoms with Gasteiger partial charge in [-0.25, -0.2) is 0 Å². The van der Waals surface area contributed by atoms with Crippen LogP contribution >= 0.6 is 0 Å². The van der Waals surface area contributed by atoms with Gasteiger partial charge in [0.2, 0.25) is 0 Å². The average Bonchev–Trinajstić information content (AvgIpc) is 3.17. The molecule has 0 fully saturated rings. The van der Waals surface area contributed by atoms with Crippen molar-refractivity contribution in [1.29, 1.82) is 0 Å². The van der Waals surface area contributed by atoms with E-state index in [9.17, 15) is 0 Å². The van der Waals surface area contributed by atoms with Gasteiger partial charge in [0.25, 0.3) is 0 Å². The van der Waals surface area contributed by atoms with E-state index in [1.807, 2.05) is 3.28 Å². The maximum Gasteiger partial charge on any atom is -1.00 e. The topological polar surface area (TPSA) is 0 Å². The van der Waals surface area contributed by atoms with Crippen LogP contribution in [0.1, 0.15) is 47.4 Å². The molecule has 0 heterocycles. The summed E-state index contributed by atoms with van der Waals surface area (Å²) in [5.41, 5.74) is 7.83. The van der Waals surface area contributed by atoms with Crippen LogP contribution in [0.25, 0.3) is 11.1 Å². The molecule has 0 bridgehead atoms. The summed E-state index contributed by atoms with van der Waals surface area (Å²) in [5, 5.41) is 0. The van der Waals surface area contributed by atoms with Crippen LogP contribution in [0.4, 0.5) is 0 Å². The van der Waals surface area contributed by atoms with Gasteiger partial charge in [-0.1, -0.05) is 0 Å². The molecular weight excluding hydrogens is 426 g/mol. The third-order valence-electron chi connectivity index (χ3n) is 4.98. The van der Waals surface area contributed by atoms with Crippen molar-refractivity contribution in [2.24, 2.45) is 0 Å². The SMILES string of the molecule is CCCCC1=[C]([Zr+2][CH]2c3ccccc3-c3ccccc32)CC=C1.[Cl-].[Cl-]. The van der Waals surface area contributed by atoms with Crippen LogP contribution in [-0.4, -0.2) is 0 Å². The molecule has 2 aromatic carbocycles. The number of benzene rings is 2. The number of fused-ring (bicyclic) bond motifs is 3. The number of halogens is 2. The first kappa shape index (κ1) is 20.7.